The Kier molecular flexibility index (Phi) is 7.04. The molecule has 116 valence electrons. The van der Waals surface area contributed by atoms with Crippen molar-refractivity contribution in [2.75, 3.05) is 32.8 Å². The number of ether oxygens (including phenoxy) is 2. The normalized spacial score (nSPS) is 15.6. The van der Waals surface area contributed by atoms with Gasteiger partial charge >= 0.3 is 0 Å². The van der Waals surface area contributed by atoms with Gasteiger partial charge in [-0.1, -0.05) is 18.2 Å². The van der Waals surface area contributed by atoms with E-state index in [-0.39, 0.29) is 5.91 Å². The first-order valence-corrected chi connectivity index (χ1v) is 7.61. The first-order chi connectivity index (χ1) is 10.3. The Morgan fingerprint density at radius 2 is 1.95 bits per heavy atom. The molecule has 0 saturated carbocycles. The highest BCUT2D eigenvalue weighted by Crippen LogP contribution is 2.08. The van der Waals surface area contributed by atoms with Crippen LogP contribution in [0.2, 0.25) is 0 Å². The second-order valence-corrected chi connectivity index (χ2v) is 5.08. The Hall–Kier alpha value is -1.59. The molecule has 1 aliphatic heterocycles. The van der Waals surface area contributed by atoms with Crippen LogP contribution in [0.25, 0.3) is 0 Å². The fraction of sp³-hybridized carbons (Fsp3) is 0.562. The van der Waals surface area contributed by atoms with Gasteiger partial charge in [0.05, 0.1) is 25.7 Å². The van der Waals surface area contributed by atoms with E-state index in [4.69, 9.17) is 9.47 Å². The number of hydrogen-bond donors (Lipinski definition) is 2. The van der Waals surface area contributed by atoms with Crippen LogP contribution < -0.4 is 15.4 Å². The molecule has 0 bridgehead atoms. The summed E-state index contributed by atoms with van der Waals surface area (Å²) in [6.07, 6.45) is 2.81. The molecule has 1 aromatic carbocycles. The van der Waals surface area contributed by atoms with Gasteiger partial charge in [0.25, 0.3) is 0 Å². The molecule has 1 amide bonds. The molecule has 2 rings (SSSR count). The minimum absolute atomic E-state index is 0.000146. The molecule has 5 nitrogen and oxygen atoms in total. The topological polar surface area (TPSA) is 59.6 Å². The highest BCUT2D eigenvalue weighted by Gasteiger charge is 2.12. The molecule has 1 heterocycles. The zero-order valence-electron chi connectivity index (χ0n) is 12.3. The summed E-state index contributed by atoms with van der Waals surface area (Å²) in [4.78, 5) is 11.6. The second kappa shape index (κ2) is 9.37. The van der Waals surface area contributed by atoms with E-state index in [0.29, 0.717) is 32.3 Å². The molecule has 1 aliphatic rings. The van der Waals surface area contributed by atoms with Crippen molar-refractivity contribution in [2.24, 2.45) is 0 Å². The number of carbonyl (C=O) groups is 1. The molecular weight excluding hydrogens is 268 g/mol. The predicted octanol–water partition coefficient (Wildman–Crippen LogP) is 1.34. The standard InChI is InChI=1S/C16H24N2O3/c19-16(8-12-20-14-4-2-1-3-5-14)18-11-13-21-15-6-9-17-10-7-15/h1-5,15,17H,6-13H2,(H,18,19). The summed E-state index contributed by atoms with van der Waals surface area (Å²) in [5.74, 6) is 0.791. The summed E-state index contributed by atoms with van der Waals surface area (Å²) < 4.78 is 11.2. The lowest BCUT2D eigenvalue weighted by Crippen LogP contribution is -2.35. The van der Waals surface area contributed by atoms with Crippen molar-refractivity contribution in [1.29, 1.82) is 0 Å². The van der Waals surface area contributed by atoms with E-state index in [9.17, 15) is 4.79 Å². The Bertz CT molecular complexity index is 405. The van der Waals surface area contributed by atoms with Gasteiger partial charge in [0.15, 0.2) is 0 Å². The molecule has 0 radical (unpaired) electrons. The lowest BCUT2D eigenvalue weighted by molar-refractivity contribution is -0.122. The molecule has 2 N–H and O–H groups in total. The molecule has 0 unspecified atom stereocenters. The maximum atomic E-state index is 11.6. The fourth-order valence-corrected chi connectivity index (χ4v) is 2.24. The summed E-state index contributed by atoms with van der Waals surface area (Å²) in [6.45, 7) is 3.58. The molecule has 5 heteroatoms. The molecule has 0 aromatic heterocycles. The molecule has 0 aliphatic carbocycles. The molecule has 0 spiro atoms. The number of para-hydroxylation sites is 1. The number of benzene rings is 1. The molecule has 0 atom stereocenters. The lowest BCUT2D eigenvalue weighted by atomic mass is 10.1. The van der Waals surface area contributed by atoms with Gasteiger partial charge in [0, 0.05) is 6.54 Å². The van der Waals surface area contributed by atoms with Crippen LogP contribution in [0.3, 0.4) is 0 Å². The number of nitrogens with one attached hydrogen (secondary N) is 2. The molecule has 1 aromatic rings. The zero-order valence-corrected chi connectivity index (χ0v) is 12.3. The summed E-state index contributed by atoms with van der Waals surface area (Å²) in [5.41, 5.74) is 0. The van der Waals surface area contributed by atoms with Crippen molar-refractivity contribution >= 4 is 5.91 Å². The van der Waals surface area contributed by atoms with Crippen LogP contribution in [0.4, 0.5) is 0 Å². The number of amides is 1. The second-order valence-electron chi connectivity index (χ2n) is 5.08. The highest BCUT2D eigenvalue weighted by molar-refractivity contribution is 5.75. The quantitative estimate of drug-likeness (QED) is 0.710. The largest absolute Gasteiger partial charge is 0.493 e. The average Bonchev–Trinajstić information content (AvgIpc) is 2.54. The zero-order chi connectivity index (χ0) is 14.8. The van der Waals surface area contributed by atoms with Crippen molar-refractivity contribution in [3.63, 3.8) is 0 Å². The summed E-state index contributed by atoms with van der Waals surface area (Å²) >= 11 is 0. The Morgan fingerprint density at radius 3 is 2.71 bits per heavy atom. The van der Waals surface area contributed by atoms with Gasteiger partial charge in [-0.3, -0.25) is 4.79 Å². The van der Waals surface area contributed by atoms with Crippen LogP contribution in [0.5, 0.6) is 5.75 Å². The summed E-state index contributed by atoms with van der Waals surface area (Å²) in [5, 5.41) is 6.15. The van der Waals surface area contributed by atoms with Crippen LogP contribution in [-0.4, -0.2) is 44.9 Å². The average molecular weight is 292 g/mol. The highest BCUT2D eigenvalue weighted by atomic mass is 16.5. The van der Waals surface area contributed by atoms with Crippen molar-refractivity contribution in [3.05, 3.63) is 30.3 Å². The van der Waals surface area contributed by atoms with Crippen molar-refractivity contribution in [1.82, 2.24) is 10.6 Å². The van der Waals surface area contributed by atoms with Crippen molar-refractivity contribution in [2.45, 2.75) is 25.4 Å². The molecular formula is C16H24N2O3. The number of piperidine rings is 1. The Labute approximate surface area is 126 Å². The molecule has 1 fully saturated rings. The Balaban J connectivity index is 1.47. The van der Waals surface area contributed by atoms with Crippen LogP contribution in [0, 0.1) is 0 Å². The van der Waals surface area contributed by atoms with Gasteiger partial charge in [0.2, 0.25) is 5.91 Å². The van der Waals surface area contributed by atoms with Crippen molar-refractivity contribution < 1.29 is 14.3 Å². The van der Waals surface area contributed by atoms with E-state index in [0.717, 1.165) is 31.7 Å². The first-order valence-electron chi connectivity index (χ1n) is 7.61. The lowest BCUT2D eigenvalue weighted by Gasteiger charge is -2.22. The van der Waals surface area contributed by atoms with Crippen LogP contribution in [0.15, 0.2) is 30.3 Å². The number of carbonyl (C=O) groups excluding carboxylic acids is 1. The number of rotatable bonds is 8. The van der Waals surface area contributed by atoms with Gasteiger partial charge in [-0.05, 0) is 38.1 Å². The van der Waals surface area contributed by atoms with Crippen molar-refractivity contribution in [3.8, 4) is 5.75 Å². The summed E-state index contributed by atoms with van der Waals surface area (Å²) in [6, 6.07) is 9.51. The maximum absolute atomic E-state index is 11.6. The smallest absolute Gasteiger partial charge is 0.223 e. The van der Waals surface area contributed by atoms with Gasteiger partial charge < -0.3 is 20.1 Å². The minimum atomic E-state index is -0.000146. The van der Waals surface area contributed by atoms with Crippen LogP contribution >= 0.6 is 0 Å². The monoisotopic (exact) mass is 292 g/mol. The first kappa shape index (κ1) is 15.8. The van der Waals surface area contributed by atoms with Gasteiger partial charge in [-0.25, -0.2) is 0 Å². The minimum Gasteiger partial charge on any atom is -0.493 e. The molecule has 21 heavy (non-hydrogen) atoms. The SMILES string of the molecule is O=C(CCOc1ccccc1)NCCOC1CCNCC1. The fourth-order valence-electron chi connectivity index (χ4n) is 2.24. The van der Waals surface area contributed by atoms with Gasteiger partial charge in [-0.15, -0.1) is 0 Å². The molecule has 1 saturated heterocycles. The van der Waals surface area contributed by atoms with Crippen LogP contribution in [-0.2, 0) is 9.53 Å². The third kappa shape index (κ3) is 6.60. The predicted molar refractivity (Wildman–Crippen MR) is 81.4 cm³/mol. The summed E-state index contributed by atoms with van der Waals surface area (Å²) in [7, 11) is 0. The van der Waals surface area contributed by atoms with E-state index in [1.54, 1.807) is 0 Å². The van der Waals surface area contributed by atoms with E-state index in [1.165, 1.54) is 0 Å². The van der Waals surface area contributed by atoms with E-state index >= 15 is 0 Å². The van der Waals surface area contributed by atoms with E-state index in [2.05, 4.69) is 10.6 Å². The Morgan fingerprint density at radius 1 is 1.19 bits per heavy atom. The third-order valence-corrected chi connectivity index (χ3v) is 3.41. The maximum Gasteiger partial charge on any atom is 0.223 e. The van der Waals surface area contributed by atoms with E-state index in [1.807, 2.05) is 30.3 Å². The van der Waals surface area contributed by atoms with Gasteiger partial charge in [0.1, 0.15) is 5.75 Å². The van der Waals surface area contributed by atoms with Crippen LogP contribution in [0.1, 0.15) is 19.3 Å². The third-order valence-electron chi connectivity index (χ3n) is 3.41. The van der Waals surface area contributed by atoms with E-state index < -0.39 is 0 Å². The number of hydrogen-bond acceptors (Lipinski definition) is 4. The van der Waals surface area contributed by atoms with Gasteiger partial charge in [-0.2, -0.15) is 0 Å².